The number of nitrogens with one attached hydrogen (secondary N) is 1. The highest BCUT2D eigenvalue weighted by atomic mass is 16.5. The topological polar surface area (TPSA) is 75.7 Å². The molecule has 1 aromatic rings. The van der Waals surface area contributed by atoms with Gasteiger partial charge in [-0.1, -0.05) is 50.1 Å². The van der Waals surface area contributed by atoms with Gasteiger partial charge in [0.05, 0.1) is 13.0 Å². The number of benzene rings is 1. The number of rotatable bonds is 7. The molecule has 1 aromatic carbocycles. The summed E-state index contributed by atoms with van der Waals surface area (Å²) in [7, 11) is 1.31. The van der Waals surface area contributed by atoms with Crippen LogP contribution in [0.3, 0.4) is 0 Å². The number of hydrogen-bond acceptors (Lipinski definition) is 4. The summed E-state index contributed by atoms with van der Waals surface area (Å²) in [6, 6.07) is 7.32. The molecule has 0 bridgehead atoms. The van der Waals surface area contributed by atoms with Gasteiger partial charge in [-0.15, -0.1) is 0 Å². The third kappa shape index (κ3) is 4.84. The molecule has 0 saturated carbocycles. The third-order valence-corrected chi connectivity index (χ3v) is 5.05. The minimum atomic E-state index is -0.682. The standard InChI is InChI=1S/C20H28N2O4/c1-5-14(3)18(20(25)26-4)21-19(24)16-10-17(23)22(12-16)11-15-8-6-13(2)7-9-15/h6-9,14,16,18H,5,10-12H2,1-4H3,(H,21,24). The van der Waals surface area contributed by atoms with E-state index in [2.05, 4.69) is 5.32 Å². The number of esters is 1. The van der Waals surface area contributed by atoms with Crippen molar-refractivity contribution in [1.82, 2.24) is 10.2 Å². The molecule has 1 aliphatic rings. The van der Waals surface area contributed by atoms with Crippen LogP contribution in [0.2, 0.25) is 0 Å². The SMILES string of the molecule is CCC(C)C(NC(=O)C1CC(=O)N(Cc2ccc(C)cc2)C1)C(=O)OC. The second-order valence-electron chi connectivity index (χ2n) is 7.06. The van der Waals surface area contributed by atoms with Crippen LogP contribution in [0.15, 0.2) is 24.3 Å². The molecule has 6 nitrogen and oxygen atoms in total. The zero-order chi connectivity index (χ0) is 19.3. The van der Waals surface area contributed by atoms with E-state index in [9.17, 15) is 14.4 Å². The molecule has 142 valence electrons. The molecule has 6 heteroatoms. The predicted octanol–water partition coefficient (Wildman–Crippen LogP) is 2.05. The van der Waals surface area contributed by atoms with Gasteiger partial charge < -0.3 is 15.0 Å². The van der Waals surface area contributed by atoms with Gasteiger partial charge in [-0.05, 0) is 18.4 Å². The molecule has 0 aromatic heterocycles. The summed E-state index contributed by atoms with van der Waals surface area (Å²) in [4.78, 5) is 38.5. The highest BCUT2D eigenvalue weighted by Gasteiger charge is 2.36. The highest BCUT2D eigenvalue weighted by molar-refractivity contribution is 5.91. The first kappa shape index (κ1) is 19.9. The van der Waals surface area contributed by atoms with E-state index in [-0.39, 0.29) is 24.2 Å². The Balaban J connectivity index is 1.98. The first-order chi connectivity index (χ1) is 12.3. The lowest BCUT2D eigenvalue weighted by atomic mass is 9.98. The second kappa shape index (κ2) is 8.83. The van der Waals surface area contributed by atoms with Crippen molar-refractivity contribution < 1.29 is 19.1 Å². The molecule has 3 unspecified atom stereocenters. The number of ether oxygens (including phenoxy) is 1. The molecule has 1 saturated heterocycles. The van der Waals surface area contributed by atoms with Crippen LogP contribution in [0.5, 0.6) is 0 Å². The van der Waals surface area contributed by atoms with Gasteiger partial charge in [0.2, 0.25) is 11.8 Å². The average Bonchev–Trinajstić information content (AvgIpc) is 3.00. The molecule has 3 atom stereocenters. The van der Waals surface area contributed by atoms with Gasteiger partial charge in [0.25, 0.3) is 0 Å². The van der Waals surface area contributed by atoms with E-state index in [1.807, 2.05) is 45.0 Å². The highest BCUT2D eigenvalue weighted by Crippen LogP contribution is 2.21. The average molecular weight is 360 g/mol. The van der Waals surface area contributed by atoms with Gasteiger partial charge in [-0.25, -0.2) is 4.79 Å². The molecule has 2 rings (SSSR count). The van der Waals surface area contributed by atoms with Gasteiger partial charge in [0.1, 0.15) is 6.04 Å². The van der Waals surface area contributed by atoms with Crippen molar-refractivity contribution in [2.45, 2.75) is 46.2 Å². The van der Waals surface area contributed by atoms with Crippen LogP contribution < -0.4 is 5.32 Å². The lowest BCUT2D eigenvalue weighted by molar-refractivity contribution is -0.147. The van der Waals surface area contributed by atoms with E-state index in [4.69, 9.17) is 4.74 Å². The van der Waals surface area contributed by atoms with E-state index >= 15 is 0 Å². The number of hydrogen-bond donors (Lipinski definition) is 1. The summed E-state index contributed by atoms with van der Waals surface area (Å²) in [5.74, 6) is -1.23. The van der Waals surface area contributed by atoms with Crippen molar-refractivity contribution >= 4 is 17.8 Å². The van der Waals surface area contributed by atoms with Crippen molar-refractivity contribution in [2.75, 3.05) is 13.7 Å². The normalized spacial score (nSPS) is 19.2. The van der Waals surface area contributed by atoms with E-state index < -0.39 is 17.9 Å². The molecule has 0 radical (unpaired) electrons. The third-order valence-electron chi connectivity index (χ3n) is 5.05. The number of likely N-dealkylation sites (tertiary alicyclic amines) is 1. The Labute approximate surface area is 154 Å². The van der Waals surface area contributed by atoms with Gasteiger partial charge in [0, 0.05) is 19.5 Å². The fourth-order valence-electron chi connectivity index (χ4n) is 3.08. The molecule has 1 N–H and O–H groups in total. The molecular weight excluding hydrogens is 332 g/mol. The second-order valence-corrected chi connectivity index (χ2v) is 7.06. The summed E-state index contributed by atoms with van der Waals surface area (Å²) in [6.45, 7) is 6.72. The van der Waals surface area contributed by atoms with Crippen LogP contribution in [0.4, 0.5) is 0 Å². The van der Waals surface area contributed by atoms with Crippen molar-refractivity contribution in [1.29, 1.82) is 0 Å². The Morgan fingerprint density at radius 3 is 2.54 bits per heavy atom. The molecule has 26 heavy (non-hydrogen) atoms. The Morgan fingerprint density at radius 1 is 1.31 bits per heavy atom. The first-order valence-electron chi connectivity index (χ1n) is 9.07. The van der Waals surface area contributed by atoms with Crippen LogP contribution in [-0.4, -0.2) is 42.4 Å². The lowest BCUT2D eigenvalue weighted by Crippen LogP contribution is -2.48. The minimum Gasteiger partial charge on any atom is -0.467 e. The molecule has 0 spiro atoms. The van der Waals surface area contributed by atoms with Crippen molar-refractivity contribution in [2.24, 2.45) is 11.8 Å². The van der Waals surface area contributed by atoms with E-state index in [1.54, 1.807) is 4.90 Å². The fraction of sp³-hybridized carbons (Fsp3) is 0.550. The summed E-state index contributed by atoms with van der Waals surface area (Å²) in [6.07, 6.45) is 0.912. The van der Waals surface area contributed by atoms with Crippen LogP contribution in [-0.2, 0) is 25.7 Å². The number of carbonyl (C=O) groups is 3. The quantitative estimate of drug-likeness (QED) is 0.755. The van der Waals surface area contributed by atoms with Gasteiger partial charge in [-0.2, -0.15) is 0 Å². The number of carbonyl (C=O) groups excluding carboxylic acids is 3. The first-order valence-corrected chi connectivity index (χ1v) is 9.07. The van der Waals surface area contributed by atoms with Gasteiger partial charge in [-0.3, -0.25) is 9.59 Å². The van der Waals surface area contributed by atoms with Crippen LogP contribution >= 0.6 is 0 Å². The maximum atomic E-state index is 12.6. The molecule has 1 heterocycles. The Hall–Kier alpha value is -2.37. The van der Waals surface area contributed by atoms with Crippen LogP contribution in [0.25, 0.3) is 0 Å². The summed E-state index contributed by atoms with van der Waals surface area (Å²) >= 11 is 0. The Bertz CT molecular complexity index is 656. The van der Waals surface area contributed by atoms with E-state index in [0.29, 0.717) is 13.1 Å². The summed E-state index contributed by atoms with van der Waals surface area (Å²) in [5.41, 5.74) is 2.20. The molecule has 1 aliphatic heterocycles. The monoisotopic (exact) mass is 360 g/mol. The smallest absolute Gasteiger partial charge is 0.328 e. The molecule has 1 fully saturated rings. The van der Waals surface area contributed by atoms with Crippen LogP contribution in [0, 0.1) is 18.8 Å². The maximum absolute atomic E-state index is 12.6. The zero-order valence-electron chi connectivity index (χ0n) is 16.0. The van der Waals surface area contributed by atoms with Crippen LogP contribution in [0.1, 0.15) is 37.8 Å². The summed E-state index contributed by atoms with van der Waals surface area (Å²) < 4.78 is 4.80. The molecule has 2 amide bonds. The molecule has 0 aliphatic carbocycles. The van der Waals surface area contributed by atoms with Crippen molar-refractivity contribution in [3.8, 4) is 0 Å². The van der Waals surface area contributed by atoms with Crippen molar-refractivity contribution in [3.05, 3.63) is 35.4 Å². The number of aryl methyl sites for hydroxylation is 1. The van der Waals surface area contributed by atoms with Gasteiger partial charge in [0.15, 0.2) is 0 Å². The van der Waals surface area contributed by atoms with E-state index in [0.717, 1.165) is 17.5 Å². The number of nitrogens with zero attached hydrogens (tertiary/aromatic N) is 1. The predicted molar refractivity (Wildman–Crippen MR) is 98.1 cm³/mol. The van der Waals surface area contributed by atoms with Crippen molar-refractivity contribution in [3.63, 3.8) is 0 Å². The summed E-state index contributed by atoms with van der Waals surface area (Å²) in [5, 5.41) is 2.78. The maximum Gasteiger partial charge on any atom is 0.328 e. The number of methoxy groups -OCH3 is 1. The minimum absolute atomic E-state index is 0.0350. The number of amides is 2. The molecular formula is C20H28N2O4. The zero-order valence-corrected chi connectivity index (χ0v) is 16.0. The lowest BCUT2D eigenvalue weighted by Gasteiger charge is -2.23. The van der Waals surface area contributed by atoms with E-state index in [1.165, 1.54) is 7.11 Å². The van der Waals surface area contributed by atoms with Gasteiger partial charge >= 0.3 is 5.97 Å². The fourth-order valence-corrected chi connectivity index (χ4v) is 3.08. The largest absolute Gasteiger partial charge is 0.467 e. The Kier molecular flexibility index (Phi) is 6.77. The Morgan fingerprint density at radius 2 is 1.96 bits per heavy atom.